The molecular weight excluding hydrogens is 341 g/mol. The molecule has 3 nitrogen and oxygen atoms in total. The molecule has 0 heterocycles. The average Bonchev–Trinajstić information content (AvgIpc) is 2.67. The third-order valence-electron chi connectivity index (χ3n) is 4.88. The fourth-order valence-corrected chi connectivity index (χ4v) is 3.03. The molecule has 0 N–H and O–H groups in total. The Morgan fingerprint density at radius 2 is 1.78 bits per heavy atom. The van der Waals surface area contributed by atoms with Gasteiger partial charge in [0.25, 0.3) is 5.91 Å². The minimum absolute atomic E-state index is 0.0102. The van der Waals surface area contributed by atoms with Crippen molar-refractivity contribution in [2.45, 2.75) is 46.0 Å². The van der Waals surface area contributed by atoms with Gasteiger partial charge in [-0.3, -0.25) is 4.79 Å². The Morgan fingerprint density at radius 3 is 2.37 bits per heavy atom. The summed E-state index contributed by atoms with van der Waals surface area (Å²) >= 11 is 0. The lowest BCUT2D eigenvalue weighted by molar-refractivity contribution is 0.0791. The maximum atomic E-state index is 14.2. The van der Waals surface area contributed by atoms with Crippen LogP contribution in [0.4, 0.5) is 4.39 Å². The molecule has 0 fully saturated rings. The summed E-state index contributed by atoms with van der Waals surface area (Å²) in [6.07, 6.45) is 0.679. The molecule has 0 bridgehead atoms. The first kappa shape index (κ1) is 20.9. The van der Waals surface area contributed by atoms with Crippen molar-refractivity contribution in [3.8, 4) is 5.75 Å². The molecule has 27 heavy (non-hydrogen) atoms. The molecule has 0 saturated heterocycles. The number of carbonyl (C=O) groups is 1. The minimum atomic E-state index is -0.232. The molecule has 0 radical (unpaired) electrons. The van der Waals surface area contributed by atoms with E-state index < -0.39 is 0 Å². The van der Waals surface area contributed by atoms with Gasteiger partial charge in [-0.25, -0.2) is 4.39 Å². The molecule has 146 valence electrons. The van der Waals surface area contributed by atoms with Crippen molar-refractivity contribution < 1.29 is 13.9 Å². The van der Waals surface area contributed by atoms with E-state index in [0.29, 0.717) is 42.4 Å². The molecule has 0 aliphatic heterocycles. The zero-order chi connectivity index (χ0) is 20.0. The van der Waals surface area contributed by atoms with Gasteiger partial charge < -0.3 is 9.64 Å². The van der Waals surface area contributed by atoms with E-state index in [1.54, 1.807) is 24.1 Å². The molecule has 0 aliphatic carbocycles. The largest absolute Gasteiger partial charge is 0.494 e. The SMILES string of the molecule is CCOc1ccc(F)c(C(C)CCN(C)C(=O)c2ccc(C(C)C)cc2)c1. The number of amides is 1. The number of benzene rings is 2. The number of carbonyl (C=O) groups excluding carboxylic acids is 1. The average molecular weight is 371 g/mol. The molecule has 0 aromatic heterocycles. The molecule has 2 rings (SSSR count). The Balaban J connectivity index is 1.98. The smallest absolute Gasteiger partial charge is 0.253 e. The van der Waals surface area contributed by atoms with Crippen LogP contribution >= 0.6 is 0 Å². The van der Waals surface area contributed by atoms with Crippen LogP contribution in [0.15, 0.2) is 42.5 Å². The van der Waals surface area contributed by atoms with E-state index in [1.165, 1.54) is 11.6 Å². The summed E-state index contributed by atoms with van der Waals surface area (Å²) in [6.45, 7) is 9.25. The van der Waals surface area contributed by atoms with Crippen LogP contribution in [0.2, 0.25) is 0 Å². The summed E-state index contributed by atoms with van der Waals surface area (Å²) in [7, 11) is 1.79. The van der Waals surface area contributed by atoms with E-state index in [0.717, 1.165) is 0 Å². The third-order valence-corrected chi connectivity index (χ3v) is 4.88. The van der Waals surface area contributed by atoms with Gasteiger partial charge in [-0.2, -0.15) is 0 Å². The van der Waals surface area contributed by atoms with Crippen LogP contribution in [-0.2, 0) is 0 Å². The molecule has 2 aromatic carbocycles. The van der Waals surface area contributed by atoms with Crippen LogP contribution in [0.5, 0.6) is 5.75 Å². The van der Waals surface area contributed by atoms with Crippen molar-refractivity contribution in [1.29, 1.82) is 0 Å². The van der Waals surface area contributed by atoms with Gasteiger partial charge in [0.15, 0.2) is 0 Å². The van der Waals surface area contributed by atoms with Gasteiger partial charge in [0.1, 0.15) is 11.6 Å². The Kier molecular flexibility index (Phi) is 7.40. The summed E-state index contributed by atoms with van der Waals surface area (Å²) in [5.74, 6) is 0.861. The van der Waals surface area contributed by atoms with Crippen LogP contribution in [-0.4, -0.2) is 31.0 Å². The molecule has 1 amide bonds. The van der Waals surface area contributed by atoms with Crippen molar-refractivity contribution in [1.82, 2.24) is 4.90 Å². The zero-order valence-electron chi connectivity index (χ0n) is 17.0. The van der Waals surface area contributed by atoms with Crippen molar-refractivity contribution in [3.63, 3.8) is 0 Å². The molecule has 0 spiro atoms. The molecular formula is C23H30FNO2. The third kappa shape index (κ3) is 5.56. The summed E-state index contributed by atoms with van der Waals surface area (Å²) in [4.78, 5) is 14.3. The summed E-state index contributed by atoms with van der Waals surface area (Å²) < 4.78 is 19.6. The van der Waals surface area contributed by atoms with E-state index in [4.69, 9.17) is 4.74 Å². The maximum Gasteiger partial charge on any atom is 0.253 e. The standard InChI is InChI=1S/C23H30FNO2/c1-6-27-20-11-12-22(24)21(15-20)17(4)13-14-25(5)23(26)19-9-7-18(8-10-19)16(2)3/h7-12,15-17H,6,13-14H2,1-5H3. The molecule has 1 unspecified atom stereocenters. The fraction of sp³-hybridized carbons (Fsp3) is 0.435. The van der Waals surface area contributed by atoms with E-state index in [9.17, 15) is 9.18 Å². The lowest BCUT2D eigenvalue weighted by Gasteiger charge is -2.21. The highest BCUT2D eigenvalue weighted by Crippen LogP contribution is 2.26. The lowest BCUT2D eigenvalue weighted by atomic mass is 9.96. The van der Waals surface area contributed by atoms with Gasteiger partial charge in [0.2, 0.25) is 0 Å². The molecule has 1 atom stereocenters. The van der Waals surface area contributed by atoms with Gasteiger partial charge in [-0.05, 0) is 66.6 Å². The highest BCUT2D eigenvalue weighted by atomic mass is 19.1. The summed E-state index contributed by atoms with van der Waals surface area (Å²) in [6, 6.07) is 12.6. The normalized spacial score (nSPS) is 12.1. The molecule has 2 aromatic rings. The maximum absolute atomic E-state index is 14.2. The lowest BCUT2D eigenvalue weighted by Crippen LogP contribution is -2.28. The second-order valence-electron chi connectivity index (χ2n) is 7.31. The van der Waals surface area contributed by atoms with Gasteiger partial charge in [-0.1, -0.05) is 32.9 Å². The number of rotatable bonds is 8. The molecule has 0 saturated carbocycles. The van der Waals surface area contributed by atoms with E-state index in [2.05, 4.69) is 13.8 Å². The Morgan fingerprint density at radius 1 is 1.11 bits per heavy atom. The number of hydrogen-bond donors (Lipinski definition) is 0. The highest BCUT2D eigenvalue weighted by molar-refractivity contribution is 5.94. The van der Waals surface area contributed by atoms with Gasteiger partial charge in [-0.15, -0.1) is 0 Å². The predicted molar refractivity (Wildman–Crippen MR) is 108 cm³/mol. The van der Waals surface area contributed by atoms with Crippen molar-refractivity contribution >= 4 is 5.91 Å². The monoisotopic (exact) mass is 371 g/mol. The first-order chi connectivity index (χ1) is 12.8. The topological polar surface area (TPSA) is 29.5 Å². The number of halogens is 1. The fourth-order valence-electron chi connectivity index (χ4n) is 3.03. The second kappa shape index (κ2) is 9.54. The quantitative estimate of drug-likeness (QED) is 0.603. The summed E-state index contributed by atoms with van der Waals surface area (Å²) in [5, 5.41) is 0. The number of hydrogen-bond acceptors (Lipinski definition) is 2. The van der Waals surface area contributed by atoms with Crippen LogP contribution in [0.1, 0.15) is 67.4 Å². The van der Waals surface area contributed by atoms with Crippen molar-refractivity contribution in [2.24, 2.45) is 0 Å². The first-order valence-electron chi connectivity index (χ1n) is 9.61. The van der Waals surface area contributed by atoms with Gasteiger partial charge >= 0.3 is 0 Å². The first-order valence-corrected chi connectivity index (χ1v) is 9.61. The van der Waals surface area contributed by atoms with Crippen LogP contribution < -0.4 is 4.74 Å². The van der Waals surface area contributed by atoms with Crippen LogP contribution in [0, 0.1) is 5.82 Å². The van der Waals surface area contributed by atoms with E-state index in [-0.39, 0.29) is 17.6 Å². The Bertz CT molecular complexity index is 755. The van der Waals surface area contributed by atoms with Crippen molar-refractivity contribution in [3.05, 3.63) is 65.0 Å². The molecule has 0 aliphatic rings. The van der Waals surface area contributed by atoms with Crippen LogP contribution in [0.25, 0.3) is 0 Å². The number of ether oxygens (including phenoxy) is 1. The molecule has 4 heteroatoms. The Hall–Kier alpha value is -2.36. The van der Waals surface area contributed by atoms with Gasteiger partial charge in [0, 0.05) is 19.2 Å². The summed E-state index contributed by atoms with van der Waals surface area (Å²) in [5.41, 5.74) is 2.52. The second-order valence-corrected chi connectivity index (χ2v) is 7.31. The minimum Gasteiger partial charge on any atom is -0.494 e. The van der Waals surface area contributed by atoms with E-state index in [1.807, 2.05) is 38.1 Å². The Labute approximate surface area is 162 Å². The number of nitrogens with zero attached hydrogens (tertiary/aromatic N) is 1. The van der Waals surface area contributed by atoms with Crippen molar-refractivity contribution in [2.75, 3.05) is 20.2 Å². The predicted octanol–water partition coefficient (Wildman–Crippen LogP) is 5.61. The highest BCUT2D eigenvalue weighted by Gasteiger charge is 2.16. The van der Waals surface area contributed by atoms with E-state index >= 15 is 0 Å². The zero-order valence-corrected chi connectivity index (χ0v) is 17.0. The van der Waals surface area contributed by atoms with Crippen LogP contribution in [0.3, 0.4) is 0 Å². The van der Waals surface area contributed by atoms with Gasteiger partial charge in [0.05, 0.1) is 6.61 Å².